The zero-order chi connectivity index (χ0) is 16.5. The molecule has 1 aromatic heterocycles. The molecule has 0 saturated carbocycles. The number of rotatable bonds is 5. The maximum atomic E-state index is 12.3. The summed E-state index contributed by atoms with van der Waals surface area (Å²) in [5, 5.41) is 3.60. The Morgan fingerprint density at radius 3 is 2.05 bits per heavy atom. The van der Waals surface area contributed by atoms with Crippen LogP contribution in [0.4, 0.5) is 5.69 Å². The molecule has 8 nitrogen and oxygen atoms in total. The zero-order valence-electron chi connectivity index (χ0n) is 12.1. The predicted molar refractivity (Wildman–Crippen MR) is 79.5 cm³/mol. The maximum Gasteiger partial charge on any atom is 0.267 e. The van der Waals surface area contributed by atoms with Gasteiger partial charge in [0.1, 0.15) is 5.69 Å². The summed E-state index contributed by atoms with van der Waals surface area (Å²) in [6, 6.07) is 5.33. The first-order chi connectivity index (χ1) is 10.2. The van der Waals surface area contributed by atoms with E-state index in [9.17, 15) is 16.8 Å². The third kappa shape index (κ3) is 3.13. The molecule has 0 atom stereocenters. The van der Waals surface area contributed by atoms with E-state index in [0.717, 1.165) is 0 Å². The minimum atomic E-state index is -3.86. The highest BCUT2D eigenvalue weighted by Gasteiger charge is 2.24. The molecule has 0 fully saturated rings. The van der Waals surface area contributed by atoms with Gasteiger partial charge in [0.15, 0.2) is 10.7 Å². The Kier molecular flexibility index (Phi) is 4.27. The highest BCUT2D eigenvalue weighted by molar-refractivity contribution is 7.92. The summed E-state index contributed by atoms with van der Waals surface area (Å²) in [5.74, 6) is 0.180. The van der Waals surface area contributed by atoms with Crippen molar-refractivity contribution >= 4 is 25.7 Å². The van der Waals surface area contributed by atoms with Gasteiger partial charge in [0, 0.05) is 5.69 Å². The molecule has 120 valence electrons. The predicted octanol–water partition coefficient (Wildman–Crippen LogP) is 1.00. The van der Waals surface area contributed by atoms with Gasteiger partial charge >= 0.3 is 0 Å². The standard InChI is InChI=1S/C12H15N3O5S2/c1-8-12(9(2)20-14-8)22(18,19)15-10-4-6-11(7-5-10)21(16,17)13-3/h4-7,13,15H,1-3H3. The SMILES string of the molecule is CNS(=O)(=O)c1ccc(NS(=O)(=O)c2c(C)noc2C)cc1. The molecular formula is C12H15N3O5S2. The van der Waals surface area contributed by atoms with E-state index in [0.29, 0.717) is 0 Å². The largest absolute Gasteiger partial charge is 0.360 e. The van der Waals surface area contributed by atoms with E-state index in [4.69, 9.17) is 4.52 Å². The van der Waals surface area contributed by atoms with Gasteiger partial charge in [0.05, 0.1) is 4.90 Å². The molecule has 1 heterocycles. The van der Waals surface area contributed by atoms with Gasteiger partial charge in [-0.1, -0.05) is 5.16 Å². The van der Waals surface area contributed by atoms with Crippen LogP contribution >= 0.6 is 0 Å². The third-order valence-electron chi connectivity index (χ3n) is 2.92. The van der Waals surface area contributed by atoms with E-state index in [2.05, 4.69) is 14.6 Å². The summed E-state index contributed by atoms with van der Waals surface area (Å²) in [4.78, 5) is 0.00899. The number of aryl methyl sites for hydroxylation is 2. The molecule has 10 heteroatoms. The Balaban J connectivity index is 2.32. The first kappa shape index (κ1) is 16.5. The average molecular weight is 345 g/mol. The normalized spacial score (nSPS) is 12.3. The first-order valence-corrected chi connectivity index (χ1v) is 9.13. The summed E-state index contributed by atoms with van der Waals surface area (Å²) in [7, 11) is -6.13. The molecule has 2 aromatic rings. The molecule has 0 radical (unpaired) electrons. The first-order valence-electron chi connectivity index (χ1n) is 6.16. The maximum absolute atomic E-state index is 12.3. The van der Waals surface area contributed by atoms with Gasteiger partial charge in [-0.25, -0.2) is 21.6 Å². The van der Waals surface area contributed by atoms with E-state index in [1.165, 1.54) is 45.2 Å². The number of anilines is 1. The zero-order valence-corrected chi connectivity index (χ0v) is 13.7. The van der Waals surface area contributed by atoms with Gasteiger partial charge in [-0.15, -0.1) is 0 Å². The number of sulfonamides is 2. The lowest BCUT2D eigenvalue weighted by molar-refractivity contribution is 0.390. The molecule has 2 rings (SSSR count). The number of nitrogens with zero attached hydrogens (tertiary/aromatic N) is 1. The van der Waals surface area contributed by atoms with E-state index in [1.807, 2.05) is 0 Å². The average Bonchev–Trinajstić information content (AvgIpc) is 2.79. The van der Waals surface area contributed by atoms with Crippen molar-refractivity contribution in [1.29, 1.82) is 0 Å². The van der Waals surface area contributed by atoms with Crippen LogP contribution in [0.1, 0.15) is 11.5 Å². The van der Waals surface area contributed by atoms with Crippen LogP contribution in [0.15, 0.2) is 38.6 Å². The lowest BCUT2D eigenvalue weighted by Crippen LogP contribution is -2.18. The fraction of sp³-hybridized carbons (Fsp3) is 0.250. The minimum absolute atomic E-state index is 0.0283. The van der Waals surface area contributed by atoms with Crippen LogP contribution in [0.5, 0.6) is 0 Å². The lowest BCUT2D eigenvalue weighted by atomic mass is 10.3. The van der Waals surface area contributed by atoms with Crippen molar-refractivity contribution in [3.63, 3.8) is 0 Å². The van der Waals surface area contributed by atoms with Gasteiger partial charge in [-0.05, 0) is 45.2 Å². The number of hydrogen-bond donors (Lipinski definition) is 2. The smallest absolute Gasteiger partial charge is 0.267 e. The fourth-order valence-corrected chi connectivity index (χ4v) is 4.00. The van der Waals surface area contributed by atoms with Crippen LogP contribution in [-0.4, -0.2) is 29.0 Å². The summed E-state index contributed by atoms with van der Waals surface area (Å²) in [6.07, 6.45) is 0. The quantitative estimate of drug-likeness (QED) is 0.834. The molecule has 0 spiro atoms. The highest BCUT2D eigenvalue weighted by atomic mass is 32.2. The topological polar surface area (TPSA) is 118 Å². The van der Waals surface area contributed by atoms with Crippen LogP contribution in [0.3, 0.4) is 0 Å². The molecule has 0 unspecified atom stereocenters. The van der Waals surface area contributed by atoms with Crippen LogP contribution in [0.25, 0.3) is 0 Å². The van der Waals surface area contributed by atoms with Crippen molar-refractivity contribution in [3.8, 4) is 0 Å². The molecule has 2 N–H and O–H groups in total. The fourth-order valence-electron chi connectivity index (χ4n) is 1.88. The van der Waals surface area contributed by atoms with E-state index >= 15 is 0 Å². The Labute approximate surface area is 128 Å². The van der Waals surface area contributed by atoms with Crippen molar-refractivity contribution in [3.05, 3.63) is 35.7 Å². The molecule has 0 aliphatic carbocycles. The minimum Gasteiger partial charge on any atom is -0.360 e. The van der Waals surface area contributed by atoms with Gasteiger partial charge < -0.3 is 4.52 Å². The van der Waals surface area contributed by atoms with Crippen molar-refractivity contribution in [1.82, 2.24) is 9.88 Å². The van der Waals surface area contributed by atoms with Crippen LogP contribution in [-0.2, 0) is 20.0 Å². The molecule has 0 amide bonds. The molecule has 22 heavy (non-hydrogen) atoms. The monoisotopic (exact) mass is 345 g/mol. The third-order valence-corrected chi connectivity index (χ3v) is 5.98. The molecule has 0 bridgehead atoms. The van der Waals surface area contributed by atoms with Gasteiger partial charge in [-0.3, -0.25) is 4.72 Å². The summed E-state index contributed by atoms with van der Waals surface area (Å²) >= 11 is 0. The van der Waals surface area contributed by atoms with E-state index in [-0.39, 0.29) is 26.9 Å². The molecule has 0 aliphatic rings. The Morgan fingerprint density at radius 1 is 1.00 bits per heavy atom. The van der Waals surface area contributed by atoms with Crippen LogP contribution in [0, 0.1) is 13.8 Å². The number of benzene rings is 1. The second-order valence-corrected chi connectivity index (χ2v) is 8.00. The highest BCUT2D eigenvalue weighted by Crippen LogP contribution is 2.23. The molecule has 1 aromatic carbocycles. The van der Waals surface area contributed by atoms with Crippen LogP contribution < -0.4 is 9.44 Å². The second-order valence-electron chi connectivity index (χ2n) is 4.49. The van der Waals surface area contributed by atoms with Gasteiger partial charge in [-0.2, -0.15) is 0 Å². The van der Waals surface area contributed by atoms with Crippen molar-refractivity contribution in [2.75, 3.05) is 11.8 Å². The number of aromatic nitrogens is 1. The van der Waals surface area contributed by atoms with Crippen molar-refractivity contribution in [2.45, 2.75) is 23.6 Å². The summed E-state index contributed by atoms with van der Waals surface area (Å²) < 4.78 is 57.2. The van der Waals surface area contributed by atoms with E-state index in [1.54, 1.807) is 0 Å². The van der Waals surface area contributed by atoms with E-state index < -0.39 is 20.0 Å². The number of nitrogens with one attached hydrogen (secondary N) is 2. The number of hydrogen-bond acceptors (Lipinski definition) is 6. The molecule has 0 saturated heterocycles. The molecular weight excluding hydrogens is 330 g/mol. The Hall–Kier alpha value is -1.91. The van der Waals surface area contributed by atoms with Crippen LogP contribution in [0.2, 0.25) is 0 Å². The second kappa shape index (κ2) is 5.71. The van der Waals surface area contributed by atoms with Gasteiger partial charge in [0.2, 0.25) is 10.0 Å². The molecule has 0 aliphatic heterocycles. The lowest BCUT2D eigenvalue weighted by Gasteiger charge is -2.08. The summed E-state index contributed by atoms with van der Waals surface area (Å²) in [5.41, 5.74) is 0.481. The van der Waals surface area contributed by atoms with Crippen molar-refractivity contribution < 1.29 is 21.4 Å². The van der Waals surface area contributed by atoms with Crippen molar-refractivity contribution in [2.24, 2.45) is 0 Å². The van der Waals surface area contributed by atoms with Gasteiger partial charge in [0.25, 0.3) is 10.0 Å². The Bertz CT molecular complexity index is 864. The summed E-state index contributed by atoms with van der Waals surface area (Å²) in [6.45, 7) is 3.02. The Morgan fingerprint density at radius 2 is 1.59 bits per heavy atom.